The number of halogens is 2. The molecule has 2 aromatic heterocycles. The zero-order valence-corrected chi connectivity index (χ0v) is 18.6. The third-order valence-electron chi connectivity index (χ3n) is 4.96. The van der Waals surface area contributed by atoms with Crippen molar-refractivity contribution in [3.63, 3.8) is 0 Å². The van der Waals surface area contributed by atoms with Crippen molar-refractivity contribution in [1.29, 1.82) is 0 Å². The van der Waals surface area contributed by atoms with Crippen LogP contribution in [0.2, 0.25) is 0 Å². The minimum atomic E-state index is -3.90. The summed E-state index contributed by atoms with van der Waals surface area (Å²) in [6.45, 7) is -0.539. The van der Waals surface area contributed by atoms with Gasteiger partial charge in [-0.15, -0.1) is 0 Å². The SMILES string of the molecule is COCCOC(=O)Nc1ccn([C@@H]2O[C@H](COC(=O)CCc3cccnc3)[C@@H](O)C2(F)F)c(=O)n1. The highest BCUT2D eigenvalue weighted by Crippen LogP contribution is 2.42. The molecule has 12 nitrogen and oxygen atoms in total. The highest BCUT2D eigenvalue weighted by Gasteiger charge is 2.60. The first-order valence-corrected chi connectivity index (χ1v) is 10.5. The fourth-order valence-corrected chi connectivity index (χ4v) is 3.16. The summed E-state index contributed by atoms with van der Waals surface area (Å²) in [4.78, 5) is 43.3. The van der Waals surface area contributed by atoms with Gasteiger partial charge in [-0.2, -0.15) is 13.8 Å². The van der Waals surface area contributed by atoms with Crippen molar-refractivity contribution in [2.24, 2.45) is 0 Å². The Labute approximate surface area is 197 Å². The number of nitrogens with zero attached hydrogens (tertiary/aromatic N) is 3. The first-order valence-electron chi connectivity index (χ1n) is 10.5. The molecule has 1 fully saturated rings. The van der Waals surface area contributed by atoms with Crippen LogP contribution in [0, 0.1) is 0 Å². The van der Waals surface area contributed by atoms with Crippen LogP contribution in [0.1, 0.15) is 18.2 Å². The quantitative estimate of drug-likeness (QED) is 0.357. The number of hydrogen-bond donors (Lipinski definition) is 2. The number of aliphatic hydroxyl groups excluding tert-OH is 1. The average Bonchev–Trinajstić information content (AvgIpc) is 3.05. The van der Waals surface area contributed by atoms with Crippen LogP contribution in [0.3, 0.4) is 0 Å². The topological polar surface area (TPSA) is 151 Å². The highest BCUT2D eigenvalue weighted by molar-refractivity contribution is 5.83. The summed E-state index contributed by atoms with van der Waals surface area (Å²) in [5.41, 5.74) is -0.382. The van der Waals surface area contributed by atoms with Gasteiger partial charge in [0.05, 0.1) is 6.61 Å². The van der Waals surface area contributed by atoms with Crippen molar-refractivity contribution in [1.82, 2.24) is 14.5 Å². The Balaban J connectivity index is 1.58. The molecule has 2 N–H and O–H groups in total. The molecule has 0 aliphatic carbocycles. The van der Waals surface area contributed by atoms with E-state index < -0.39 is 48.7 Å². The van der Waals surface area contributed by atoms with Crippen LogP contribution in [0.5, 0.6) is 0 Å². The second-order valence-electron chi connectivity index (χ2n) is 7.45. The number of anilines is 1. The Hall–Kier alpha value is -3.49. The van der Waals surface area contributed by atoms with Crippen molar-refractivity contribution in [3.8, 4) is 0 Å². The predicted molar refractivity (Wildman–Crippen MR) is 114 cm³/mol. The lowest BCUT2D eigenvalue weighted by Gasteiger charge is -2.21. The Kier molecular flexibility index (Phi) is 8.78. The number of nitrogens with one attached hydrogen (secondary N) is 1. The molecule has 0 unspecified atom stereocenters. The number of rotatable bonds is 10. The number of esters is 1. The van der Waals surface area contributed by atoms with Gasteiger partial charge in [0, 0.05) is 32.1 Å². The second kappa shape index (κ2) is 11.8. The molecule has 0 bridgehead atoms. The van der Waals surface area contributed by atoms with Gasteiger partial charge in [-0.25, -0.2) is 9.59 Å². The third-order valence-corrected chi connectivity index (χ3v) is 4.96. The Morgan fingerprint density at radius 2 is 2.09 bits per heavy atom. The molecule has 0 radical (unpaired) electrons. The number of amides is 1. The maximum atomic E-state index is 14.7. The highest BCUT2D eigenvalue weighted by atomic mass is 19.3. The number of aliphatic hydroxyl groups is 1. The summed E-state index contributed by atoms with van der Waals surface area (Å²) >= 11 is 0. The normalized spacial score (nSPS) is 20.9. The van der Waals surface area contributed by atoms with Crippen LogP contribution in [-0.4, -0.2) is 76.8 Å². The molecule has 3 rings (SSSR count). The number of aryl methyl sites for hydroxylation is 1. The summed E-state index contributed by atoms with van der Waals surface area (Å²) in [5, 5.41) is 12.2. The van der Waals surface area contributed by atoms with Gasteiger partial charge >= 0.3 is 23.7 Å². The lowest BCUT2D eigenvalue weighted by atomic mass is 10.1. The zero-order valence-electron chi connectivity index (χ0n) is 18.6. The van der Waals surface area contributed by atoms with E-state index >= 15 is 0 Å². The van der Waals surface area contributed by atoms with Gasteiger partial charge in [0.1, 0.15) is 25.1 Å². The van der Waals surface area contributed by atoms with Crippen molar-refractivity contribution >= 4 is 17.9 Å². The average molecular weight is 498 g/mol. The lowest BCUT2D eigenvalue weighted by molar-refractivity contribution is -0.150. The Bertz CT molecular complexity index is 1070. The van der Waals surface area contributed by atoms with Crippen LogP contribution >= 0.6 is 0 Å². The molecule has 3 heterocycles. The molecular formula is C21H24F2N4O8. The van der Waals surface area contributed by atoms with Crippen LogP contribution in [0.25, 0.3) is 0 Å². The van der Waals surface area contributed by atoms with E-state index in [4.69, 9.17) is 18.9 Å². The van der Waals surface area contributed by atoms with Crippen LogP contribution in [0.4, 0.5) is 19.4 Å². The van der Waals surface area contributed by atoms with E-state index in [9.17, 15) is 28.3 Å². The summed E-state index contributed by atoms with van der Waals surface area (Å²) < 4.78 is 49.5. The molecule has 0 aromatic carbocycles. The molecule has 0 spiro atoms. The summed E-state index contributed by atoms with van der Waals surface area (Å²) in [5.74, 6) is -4.82. The molecule has 3 atom stereocenters. The van der Waals surface area contributed by atoms with Crippen molar-refractivity contribution in [2.75, 3.05) is 32.2 Å². The first kappa shape index (κ1) is 26.1. The first-order chi connectivity index (χ1) is 16.7. The van der Waals surface area contributed by atoms with E-state index in [1.807, 2.05) is 0 Å². The fraction of sp³-hybridized carbons (Fsp3) is 0.476. The Morgan fingerprint density at radius 3 is 2.77 bits per heavy atom. The number of pyridine rings is 1. The standard InChI is InChI=1S/C21H24F2N4O8/c1-32-9-10-33-20(31)26-15-6-8-27(19(30)25-15)18-21(22,23)17(29)14(35-18)12-34-16(28)5-4-13-3-2-7-24-11-13/h2-3,6-8,11,14,17-18,29H,4-5,9-10,12H2,1H3,(H,25,26,30,31)/t14-,17-,18-/m1/s1. The van der Waals surface area contributed by atoms with E-state index in [1.165, 1.54) is 7.11 Å². The number of methoxy groups -OCH3 is 1. The summed E-state index contributed by atoms with van der Waals surface area (Å²) in [6.07, 6.45) is -2.67. The van der Waals surface area contributed by atoms with Crippen molar-refractivity contribution in [3.05, 3.63) is 52.8 Å². The molecule has 190 valence electrons. The third kappa shape index (κ3) is 6.77. The van der Waals surface area contributed by atoms with E-state index in [-0.39, 0.29) is 25.5 Å². The number of aromatic nitrogens is 3. The Morgan fingerprint density at radius 1 is 1.29 bits per heavy atom. The van der Waals surface area contributed by atoms with E-state index in [1.54, 1.807) is 24.5 Å². The molecule has 2 aromatic rings. The minimum Gasteiger partial charge on any atom is -0.463 e. The smallest absolute Gasteiger partial charge is 0.412 e. The molecular weight excluding hydrogens is 474 g/mol. The van der Waals surface area contributed by atoms with Gasteiger partial charge in [-0.3, -0.25) is 19.7 Å². The molecule has 0 saturated carbocycles. The van der Waals surface area contributed by atoms with Gasteiger partial charge in [0.2, 0.25) is 6.23 Å². The maximum Gasteiger partial charge on any atom is 0.412 e. The number of ether oxygens (including phenoxy) is 4. The number of alkyl halides is 2. The minimum absolute atomic E-state index is 0.0277. The predicted octanol–water partition coefficient (Wildman–Crippen LogP) is 0.903. The van der Waals surface area contributed by atoms with Crippen LogP contribution < -0.4 is 11.0 Å². The van der Waals surface area contributed by atoms with Gasteiger partial charge in [0.15, 0.2) is 6.10 Å². The van der Waals surface area contributed by atoms with Crippen molar-refractivity contribution in [2.45, 2.75) is 37.2 Å². The summed E-state index contributed by atoms with van der Waals surface area (Å²) in [7, 11) is 1.42. The molecule has 35 heavy (non-hydrogen) atoms. The lowest BCUT2D eigenvalue weighted by Crippen LogP contribution is -2.42. The van der Waals surface area contributed by atoms with E-state index in [2.05, 4.69) is 15.3 Å². The molecule has 1 aliphatic heterocycles. The largest absolute Gasteiger partial charge is 0.463 e. The van der Waals surface area contributed by atoms with Gasteiger partial charge in [-0.05, 0) is 24.1 Å². The molecule has 1 saturated heterocycles. The van der Waals surface area contributed by atoms with Crippen molar-refractivity contribution < 1.29 is 42.4 Å². The number of carbonyl (C=O) groups excluding carboxylic acids is 2. The number of carbonyl (C=O) groups is 2. The van der Waals surface area contributed by atoms with Gasteiger partial charge in [0.25, 0.3) is 0 Å². The van der Waals surface area contributed by atoms with Crippen LogP contribution in [0.15, 0.2) is 41.6 Å². The molecule has 1 amide bonds. The van der Waals surface area contributed by atoms with Crippen LogP contribution in [-0.2, 0) is 30.2 Å². The summed E-state index contributed by atoms with van der Waals surface area (Å²) in [6, 6.07) is 4.56. The monoisotopic (exact) mass is 498 g/mol. The van der Waals surface area contributed by atoms with Gasteiger partial charge < -0.3 is 24.1 Å². The molecule has 14 heteroatoms. The van der Waals surface area contributed by atoms with E-state index in [0.29, 0.717) is 11.0 Å². The van der Waals surface area contributed by atoms with E-state index in [0.717, 1.165) is 17.8 Å². The second-order valence-corrected chi connectivity index (χ2v) is 7.45. The van der Waals surface area contributed by atoms with Gasteiger partial charge in [-0.1, -0.05) is 6.07 Å². The fourth-order valence-electron chi connectivity index (χ4n) is 3.16. The maximum absolute atomic E-state index is 14.7. The molecule has 1 aliphatic rings. The zero-order chi connectivity index (χ0) is 25.4. The number of hydrogen-bond acceptors (Lipinski definition) is 10.